The molecule has 0 heterocycles. The molecule has 0 amide bonds. The Morgan fingerprint density at radius 3 is 2.75 bits per heavy atom. The zero-order valence-corrected chi connectivity index (χ0v) is 14.5. The molecule has 0 radical (unpaired) electrons. The maximum absolute atomic E-state index is 4.51. The van der Waals surface area contributed by atoms with Gasteiger partial charge in [-0.25, -0.2) is 0 Å². The van der Waals surface area contributed by atoms with Crippen LogP contribution in [0.5, 0.6) is 0 Å². The van der Waals surface area contributed by atoms with Crippen LogP contribution in [0, 0.1) is 16.7 Å². The third-order valence-corrected chi connectivity index (χ3v) is 5.69. The van der Waals surface area contributed by atoms with Gasteiger partial charge in [-0.15, -0.1) is 12.6 Å². The van der Waals surface area contributed by atoms with Crippen LogP contribution in [-0.4, -0.2) is 0 Å². The predicted molar refractivity (Wildman–Crippen MR) is 93.0 cm³/mol. The van der Waals surface area contributed by atoms with Gasteiger partial charge in [0.25, 0.3) is 0 Å². The molecule has 2 aliphatic carbocycles. The zero-order valence-electron chi connectivity index (χ0n) is 13.6. The zero-order chi connectivity index (χ0) is 15.0. The first-order valence-electron chi connectivity index (χ1n) is 8.04. The molecule has 0 N–H and O–H groups in total. The topological polar surface area (TPSA) is 0 Å². The highest BCUT2D eigenvalue weighted by atomic mass is 32.1. The molecular formula is C19H30S. The Morgan fingerprint density at radius 1 is 1.50 bits per heavy atom. The number of rotatable bonds is 4. The summed E-state index contributed by atoms with van der Waals surface area (Å²) in [4.78, 5) is 1.03. The van der Waals surface area contributed by atoms with Crippen molar-refractivity contribution in [2.75, 3.05) is 0 Å². The summed E-state index contributed by atoms with van der Waals surface area (Å²) in [5, 5.41) is 0. The summed E-state index contributed by atoms with van der Waals surface area (Å²) in [6, 6.07) is 0. The fourth-order valence-electron chi connectivity index (χ4n) is 5.20. The fourth-order valence-corrected chi connectivity index (χ4v) is 5.54. The highest BCUT2D eigenvalue weighted by Gasteiger charge is 2.53. The normalized spacial score (nSPS) is 38.8. The van der Waals surface area contributed by atoms with Gasteiger partial charge in [-0.05, 0) is 67.6 Å². The lowest BCUT2D eigenvalue weighted by Gasteiger charge is -2.49. The number of allylic oxidation sites excluding steroid dienone is 5. The Labute approximate surface area is 130 Å². The van der Waals surface area contributed by atoms with E-state index in [0.29, 0.717) is 5.41 Å². The maximum Gasteiger partial charge on any atom is -0.00621 e. The Morgan fingerprint density at radius 2 is 2.20 bits per heavy atom. The fraction of sp³-hybridized carbons (Fsp3) is 0.684. The van der Waals surface area contributed by atoms with Crippen molar-refractivity contribution in [2.45, 2.75) is 66.2 Å². The van der Waals surface area contributed by atoms with Gasteiger partial charge in [0.1, 0.15) is 0 Å². The Hall–Kier alpha value is -0.430. The van der Waals surface area contributed by atoms with Gasteiger partial charge in [-0.3, -0.25) is 0 Å². The van der Waals surface area contributed by atoms with Crippen LogP contribution in [0.2, 0.25) is 0 Å². The average molecular weight is 291 g/mol. The van der Waals surface area contributed by atoms with Gasteiger partial charge < -0.3 is 0 Å². The number of hydrogen-bond acceptors (Lipinski definition) is 1. The van der Waals surface area contributed by atoms with Crippen molar-refractivity contribution < 1.29 is 0 Å². The van der Waals surface area contributed by atoms with E-state index in [-0.39, 0.29) is 5.41 Å². The molecular weight excluding hydrogens is 260 g/mol. The second kappa shape index (κ2) is 5.75. The van der Waals surface area contributed by atoms with Crippen molar-refractivity contribution in [3.63, 3.8) is 0 Å². The molecule has 1 fully saturated rings. The summed E-state index contributed by atoms with van der Waals surface area (Å²) in [6.07, 6.45) is 12.4. The molecule has 0 aromatic heterocycles. The van der Waals surface area contributed by atoms with Gasteiger partial charge >= 0.3 is 0 Å². The largest absolute Gasteiger partial charge is 0.148 e. The van der Waals surface area contributed by atoms with Gasteiger partial charge in [0.2, 0.25) is 0 Å². The van der Waals surface area contributed by atoms with Crippen molar-refractivity contribution in [2.24, 2.45) is 16.7 Å². The van der Waals surface area contributed by atoms with Crippen LogP contribution < -0.4 is 0 Å². The van der Waals surface area contributed by atoms with E-state index >= 15 is 0 Å². The Balaban J connectivity index is 2.44. The molecule has 1 saturated carbocycles. The van der Waals surface area contributed by atoms with Crippen molar-refractivity contribution in [3.8, 4) is 0 Å². The molecule has 0 bridgehead atoms. The molecule has 3 unspecified atom stereocenters. The van der Waals surface area contributed by atoms with Crippen LogP contribution in [-0.2, 0) is 0 Å². The first-order chi connectivity index (χ1) is 9.35. The molecule has 0 saturated heterocycles. The lowest BCUT2D eigenvalue weighted by Crippen LogP contribution is -2.40. The van der Waals surface area contributed by atoms with Crippen molar-refractivity contribution >= 4 is 12.6 Å². The third kappa shape index (κ3) is 2.79. The quantitative estimate of drug-likeness (QED) is 0.454. The second-order valence-corrected chi connectivity index (χ2v) is 8.04. The average Bonchev–Trinajstić information content (AvgIpc) is 2.67. The standard InChI is InChI=1S/C19H30S/c1-6-8-19-11-14(3)10-18(5,12-15(4)20)17(19)9-16(7-2)13-19/h7,10,17,20H,4,6,8-9,11-13H2,1-3,5H3/b16-7+. The van der Waals surface area contributed by atoms with E-state index in [4.69, 9.17) is 0 Å². The summed E-state index contributed by atoms with van der Waals surface area (Å²) in [5.74, 6) is 0.758. The van der Waals surface area contributed by atoms with E-state index < -0.39 is 0 Å². The second-order valence-electron chi connectivity index (χ2n) is 7.41. The third-order valence-electron chi connectivity index (χ3n) is 5.53. The van der Waals surface area contributed by atoms with Crippen molar-refractivity contribution in [1.82, 2.24) is 0 Å². The molecule has 0 nitrogen and oxygen atoms in total. The molecule has 2 rings (SSSR count). The van der Waals surface area contributed by atoms with E-state index in [1.54, 1.807) is 11.1 Å². The first kappa shape index (κ1) is 15.9. The minimum atomic E-state index is 0.237. The minimum Gasteiger partial charge on any atom is -0.148 e. The molecule has 0 aliphatic heterocycles. The van der Waals surface area contributed by atoms with E-state index in [0.717, 1.165) is 17.2 Å². The molecule has 2 aliphatic rings. The van der Waals surface area contributed by atoms with Gasteiger partial charge in [0, 0.05) is 0 Å². The van der Waals surface area contributed by atoms with E-state index in [2.05, 4.69) is 59.1 Å². The SMILES string of the molecule is C=C(S)CC1(C)C=C(C)CC2(CCC)C/C(=C/C)CC12. The predicted octanol–water partition coefficient (Wildman–Crippen LogP) is 6.32. The lowest BCUT2D eigenvalue weighted by atomic mass is 9.55. The summed E-state index contributed by atoms with van der Waals surface area (Å²) >= 11 is 4.51. The van der Waals surface area contributed by atoms with Crippen molar-refractivity contribution in [1.29, 1.82) is 0 Å². The molecule has 0 aromatic carbocycles. The highest BCUT2D eigenvalue weighted by molar-refractivity contribution is 7.84. The maximum atomic E-state index is 4.51. The van der Waals surface area contributed by atoms with E-state index in [9.17, 15) is 0 Å². The van der Waals surface area contributed by atoms with Crippen LogP contribution >= 0.6 is 12.6 Å². The van der Waals surface area contributed by atoms with Crippen LogP contribution in [0.3, 0.4) is 0 Å². The van der Waals surface area contributed by atoms with Crippen molar-refractivity contribution in [3.05, 3.63) is 34.8 Å². The number of fused-ring (bicyclic) bond motifs is 1. The van der Waals surface area contributed by atoms with Gasteiger partial charge in [0.05, 0.1) is 0 Å². The van der Waals surface area contributed by atoms with Gasteiger partial charge in [-0.2, -0.15) is 0 Å². The van der Waals surface area contributed by atoms with Crippen LogP contribution in [0.25, 0.3) is 0 Å². The van der Waals surface area contributed by atoms with Crippen LogP contribution in [0.1, 0.15) is 66.2 Å². The smallest absolute Gasteiger partial charge is 0.00621 e. The molecule has 3 atom stereocenters. The van der Waals surface area contributed by atoms with Crippen LogP contribution in [0.15, 0.2) is 34.8 Å². The summed E-state index contributed by atoms with van der Waals surface area (Å²) < 4.78 is 0. The van der Waals surface area contributed by atoms with E-state index in [1.807, 2.05) is 0 Å². The Kier molecular flexibility index (Phi) is 4.59. The van der Waals surface area contributed by atoms with Gasteiger partial charge in [0.15, 0.2) is 0 Å². The Bertz CT molecular complexity index is 456. The molecule has 0 spiro atoms. The van der Waals surface area contributed by atoms with Gasteiger partial charge in [-0.1, -0.05) is 50.1 Å². The summed E-state index contributed by atoms with van der Waals surface area (Å²) in [7, 11) is 0. The van der Waals surface area contributed by atoms with E-state index in [1.165, 1.54) is 32.1 Å². The summed E-state index contributed by atoms with van der Waals surface area (Å²) in [6.45, 7) is 13.4. The number of thiol groups is 1. The summed E-state index contributed by atoms with van der Waals surface area (Å²) in [5.41, 5.74) is 3.97. The minimum absolute atomic E-state index is 0.237. The molecule has 112 valence electrons. The first-order valence-corrected chi connectivity index (χ1v) is 8.49. The lowest BCUT2D eigenvalue weighted by molar-refractivity contribution is 0.0695. The molecule has 20 heavy (non-hydrogen) atoms. The molecule has 0 aromatic rings. The molecule has 1 heteroatoms. The van der Waals surface area contributed by atoms with Crippen LogP contribution in [0.4, 0.5) is 0 Å². The number of hydrogen-bond donors (Lipinski definition) is 1. The monoisotopic (exact) mass is 290 g/mol. The highest BCUT2D eigenvalue weighted by Crippen LogP contribution is 2.63.